The van der Waals surface area contributed by atoms with Crippen molar-refractivity contribution in [3.8, 4) is 5.75 Å². The van der Waals surface area contributed by atoms with Crippen molar-refractivity contribution in [2.45, 2.75) is 89.7 Å². The maximum atomic E-state index is 14.4. The van der Waals surface area contributed by atoms with Gasteiger partial charge in [0.05, 0.1) is 17.2 Å². The van der Waals surface area contributed by atoms with Gasteiger partial charge in [0.25, 0.3) is 10.0 Å². The number of nitrogens with one attached hydrogen (secondary N) is 1. The van der Waals surface area contributed by atoms with Crippen LogP contribution >= 0.6 is 0 Å². The van der Waals surface area contributed by atoms with E-state index in [-0.39, 0.29) is 29.1 Å². The molecule has 1 N–H and O–H groups in total. The van der Waals surface area contributed by atoms with Crippen LogP contribution in [0, 0.1) is 13.8 Å². The minimum absolute atomic E-state index is 0.0644. The standard InChI is InChI=1S/C35H45N3O5S/c1-5-31(35(40)36-29-15-8-7-9-16-29)37(24-28-14-12-13-27(4)23-28)34(39)25-38(32-17-10-11-18-33(32)43-6-2)44(41,42)30-21-19-26(3)20-22-30/h10-14,17-23,29,31H,5-9,15-16,24-25H2,1-4H3,(H,36,40)/t31-/m1/s1. The van der Waals surface area contributed by atoms with Gasteiger partial charge in [0.1, 0.15) is 18.3 Å². The highest BCUT2D eigenvalue weighted by atomic mass is 32.2. The molecule has 3 aromatic rings. The van der Waals surface area contributed by atoms with Crippen molar-refractivity contribution in [1.29, 1.82) is 0 Å². The molecule has 0 bridgehead atoms. The fraction of sp³-hybridized carbons (Fsp3) is 0.429. The number of ether oxygens (including phenoxy) is 1. The molecule has 9 heteroatoms. The van der Waals surface area contributed by atoms with Gasteiger partial charge in [0.15, 0.2) is 0 Å². The monoisotopic (exact) mass is 619 g/mol. The van der Waals surface area contributed by atoms with Crippen LogP contribution in [-0.2, 0) is 26.2 Å². The van der Waals surface area contributed by atoms with Crippen molar-refractivity contribution in [1.82, 2.24) is 10.2 Å². The maximum Gasteiger partial charge on any atom is 0.264 e. The third-order valence-corrected chi connectivity index (χ3v) is 9.87. The number of rotatable bonds is 13. The van der Waals surface area contributed by atoms with E-state index in [1.54, 1.807) is 48.5 Å². The molecule has 0 spiro atoms. The predicted octanol–water partition coefficient (Wildman–Crippen LogP) is 6.15. The van der Waals surface area contributed by atoms with Gasteiger partial charge in [-0.05, 0) is 69.9 Å². The van der Waals surface area contributed by atoms with E-state index in [0.717, 1.165) is 53.1 Å². The Morgan fingerprint density at radius 1 is 0.909 bits per heavy atom. The van der Waals surface area contributed by atoms with Crippen LogP contribution in [0.5, 0.6) is 5.75 Å². The van der Waals surface area contributed by atoms with E-state index in [1.807, 2.05) is 52.0 Å². The molecule has 0 heterocycles. The number of sulfonamides is 1. The number of nitrogens with zero attached hydrogens (tertiary/aromatic N) is 2. The van der Waals surface area contributed by atoms with E-state index >= 15 is 0 Å². The lowest BCUT2D eigenvalue weighted by Gasteiger charge is -2.34. The molecule has 1 atom stereocenters. The highest BCUT2D eigenvalue weighted by molar-refractivity contribution is 7.92. The molecule has 3 aromatic carbocycles. The molecule has 0 aromatic heterocycles. The Morgan fingerprint density at radius 2 is 1.61 bits per heavy atom. The Bertz CT molecular complexity index is 1520. The van der Waals surface area contributed by atoms with Gasteiger partial charge in [-0.25, -0.2) is 8.42 Å². The first-order chi connectivity index (χ1) is 21.1. The van der Waals surface area contributed by atoms with Crippen molar-refractivity contribution < 1.29 is 22.7 Å². The van der Waals surface area contributed by atoms with Gasteiger partial charge in [0.2, 0.25) is 11.8 Å². The van der Waals surface area contributed by atoms with Gasteiger partial charge < -0.3 is 15.0 Å². The molecule has 0 saturated heterocycles. The van der Waals surface area contributed by atoms with Crippen molar-refractivity contribution >= 4 is 27.5 Å². The second-order valence-corrected chi connectivity index (χ2v) is 13.4. The zero-order valence-corrected chi connectivity index (χ0v) is 27.1. The quantitative estimate of drug-likeness (QED) is 0.248. The Kier molecular flexibility index (Phi) is 11.4. The normalized spacial score (nSPS) is 14.5. The zero-order valence-electron chi connectivity index (χ0n) is 26.3. The number of hydrogen-bond donors (Lipinski definition) is 1. The number of hydrogen-bond acceptors (Lipinski definition) is 5. The number of benzene rings is 3. The molecule has 2 amide bonds. The molecule has 1 fully saturated rings. The first kappa shape index (κ1) is 33.1. The average molecular weight is 620 g/mol. The summed E-state index contributed by atoms with van der Waals surface area (Å²) < 4.78 is 35.4. The largest absolute Gasteiger partial charge is 0.492 e. The van der Waals surface area contributed by atoms with Gasteiger partial charge in [-0.3, -0.25) is 13.9 Å². The van der Waals surface area contributed by atoms with E-state index in [0.29, 0.717) is 18.8 Å². The van der Waals surface area contributed by atoms with Crippen molar-refractivity contribution in [3.05, 3.63) is 89.5 Å². The summed E-state index contributed by atoms with van der Waals surface area (Å²) in [6, 6.07) is 20.5. The summed E-state index contributed by atoms with van der Waals surface area (Å²) >= 11 is 0. The molecule has 0 radical (unpaired) electrons. The SMILES string of the molecule is CCOc1ccccc1N(CC(=O)N(Cc1cccc(C)c1)[C@H](CC)C(=O)NC1CCCCC1)S(=O)(=O)c1ccc(C)cc1. The van der Waals surface area contributed by atoms with Crippen molar-refractivity contribution in [2.75, 3.05) is 17.5 Å². The van der Waals surface area contributed by atoms with Crippen LogP contribution < -0.4 is 14.4 Å². The average Bonchev–Trinajstić information content (AvgIpc) is 3.01. The summed E-state index contributed by atoms with van der Waals surface area (Å²) in [6.45, 7) is 7.55. The van der Waals surface area contributed by atoms with Gasteiger partial charge in [-0.15, -0.1) is 0 Å². The molecule has 236 valence electrons. The molecular formula is C35H45N3O5S. The van der Waals surface area contributed by atoms with E-state index in [9.17, 15) is 18.0 Å². The van der Waals surface area contributed by atoms with Gasteiger partial charge in [0, 0.05) is 12.6 Å². The number of para-hydroxylation sites is 2. The third kappa shape index (κ3) is 8.20. The molecule has 0 aliphatic heterocycles. The van der Waals surface area contributed by atoms with Crippen LogP contribution in [0.3, 0.4) is 0 Å². The molecule has 0 unspecified atom stereocenters. The van der Waals surface area contributed by atoms with Gasteiger partial charge >= 0.3 is 0 Å². The number of carbonyl (C=O) groups is 2. The van der Waals surface area contributed by atoms with E-state index < -0.39 is 28.5 Å². The third-order valence-electron chi connectivity index (χ3n) is 8.09. The molecular weight excluding hydrogens is 574 g/mol. The number of amides is 2. The minimum Gasteiger partial charge on any atom is -0.492 e. The first-order valence-corrected chi connectivity index (χ1v) is 17.0. The zero-order chi connectivity index (χ0) is 31.7. The van der Waals surface area contributed by atoms with Crippen molar-refractivity contribution in [2.24, 2.45) is 0 Å². The topological polar surface area (TPSA) is 96.0 Å². The van der Waals surface area contributed by atoms with Crippen LogP contribution in [0.4, 0.5) is 5.69 Å². The Morgan fingerprint density at radius 3 is 2.27 bits per heavy atom. The number of aryl methyl sites for hydroxylation is 2. The summed E-state index contributed by atoms with van der Waals surface area (Å²) in [6.07, 6.45) is 5.53. The second kappa shape index (κ2) is 15.2. The van der Waals surface area contributed by atoms with Gasteiger partial charge in [-0.2, -0.15) is 0 Å². The van der Waals surface area contributed by atoms with Crippen LogP contribution in [0.1, 0.15) is 69.1 Å². The molecule has 1 saturated carbocycles. The van der Waals surface area contributed by atoms with Crippen LogP contribution in [-0.4, -0.2) is 50.4 Å². The van der Waals surface area contributed by atoms with Crippen molar-refractivity contribution in [3.63, 3.8) is 0 Å². The van der Waals surface area contributed by atoms with Gasteiger partial charge in [-0.1, -0.05) is 85.8 Å². The smallest absolute Gasteiger partial charge is 0.264 e. The van der Waals surface area contributed by atoms with Crippen LogP contribution in [0.2, 0.25) is 0 Å². The predicted molar refractivity (Wildman–Crippen MR) is 174 cm³/mol. The lowest BCUT2D eigenvalue weighted by atomic mass is 9.95. The summed E-state index contributed by atoms with van der Waals surface area (Å²) in [5.41, 5.74) is 3.08. The molecule has 8 nitrogen and oxygen atoms in total. The maximum absolute atomic E-state index is 14.4. The Balaban J connectivity index is 1.74. The summed E-state index contributed by atoms with van der Waals surface area (Å²) in [5.74, 6) is -0.326. The number of anilines is 1. The van der Waals surface area contributed by atoms with Crippen LogP contribution in [0.25, 0.3) is 0 Å². The minimum atomic E-state index is -4.19. The lowest BCUT2D eigenvalue weighted by molar-refractivity contribution is -0.140. The summed E-state index contributed by atoms with van der Waals surface area (Å²) in [5, 5.41) is 3.19. The summed E-state index contributed by atoms with van der Waals surface area (Å²) in [4.78, 5) is 29.7. The Hall–Kier alpha value is -3.85. The number of carbonyl (C=O) groups excluding carboxylic acids is 2. The first-order valence-electron chi connectivity index (χ1n) is 15.6. The fourth-order valence-corrected chi connectivity index (χ4v) is 7.19. The highest BCUT2D eigenvalue weighted by Crippen LogP contribution is 2.33. The molecule has 1 aliphatic carbocycles. The second-order valence-electron chi connectivity index (χ2n) is 11.5. The lowest BCUT2D eigenvalue weighted by Crippen LogP contribution is -2.54. The Labute approximate surface area is 262 Å². The summed E-state index contributed by atoms with van der Waals surface area (Å²) in [7, 11) is -4.19. The van der Waals surface area contributed by atoms with E-state index in [1.165, 1.54) is 4.90 Å². The van der Waals surface area contributed by atoms with E-state index in [2.05, 4.69) is 5.32 Å². The fourth-order valence-electron chi connectivity index (χ4n) is 5.76. The molecule has 1 aliphatic rings. The van der Waals surface area contributed by atoms with E-state index in [4.69, 9.17) is 4.74 Å². The highest BCUT2D eigenvalue weighted by Gasteiger charge is 2.35. The molecule has 44 heavy (non-hydrogen) atoms. The molecule has 4 rings (SSSR count). The van der Waals surface area contributed by atoms with Crippen LogP contribution in [0.15, 0.2) is 77.7 Å².